The molecule has 1 N–H and O–H groups in total. The highest BCUT2D eigenvalue weighted by atomic mass is 31.2. The van der Waals surface area contributed by atoms with Crippen molar-refractivity contribution in [3.05, 3.63) is 0 Å². The molecule has 0 aliphatic carbocycles. The molecule has 0 aromatic heterocycles. The van der Waals surface area contributed by atoms with E-state index in [0.717, 1.165) is 45.3 Å². The molecule has 0 aromatic rings. The second kappa shape index (κ2) is 22.2. The van der Waals surface area contributed by atoms with Crippen LogP contribution >= 0.6 is 7.82 Å². The molecule has 8 heteroatoms. The number of hydrogen-bond donors (Lipinski definition) is 1. The minimum Gasteiger partial charge on any atom is -0.382 e. The second-order valence-corrected chi connectivity index (χ2v) is 11.1. The van der Waals surface area contributed by atoms with Gasteiger partial charge in [-0.3, -0.25) is 9.05 Å². The zero-order valence-corrected chi connectivity index (χ0v) is 23.1. The van der Waals surface area contributed by atoms with E-state index in [2.05, 4.69) is 11.8 Å². The van der Waals surface area contributed by atoms with E-state index in [9.17, 15) is 9.46 Å². The molecule has 1 aliphatic rings. The number of phosphoric ester groups is 1. The molecule has 1 unspecified atom stereocenters. The van der Waals surface area contributed by atoms with Crippen LogP contribution < -0.4 is 0 Å². The maximum absolute atomic E-state index is 12.2. The normalized spacial score (nSPS) is 17.3. The molecular weight excluding hydrogens is 453 g/mol. The highest BCUT2D eigenvalue weighted by Crippen LogP contribution is 2.46. The van der Waals surface area contributed by atoms with Crippen LogP contribution in [0.5, 0.6) is 0 Å². The zero-order chi connectivity index (χ0) is 24.7. The standard InChI is InChI=1S/C26H54NO6P/c1-3-4-5-6-7-8-9-10-11-12-13-14-15-16-22-32-34(28,29)33-26-17-19-27(20-18-26)21-23-31-25-24-30-2/h26H,3-25H2,1-2H3,(H,28,29). The van der Waals surface area contributed by atoms with Crippen LogP contribution in [-0.2, 0) is 23.1 Å². The molecule has 1 atom stereocenters. The zero-order valence-electron chi connectivity index (χ0n) is 22.2. The summed E-state index contributed by atoms with van der Waals surface area (Å²) in [4.78, 5) is 12.3. The Balaban J connectivity index is 1.90. The Hall–Kier alpha value is -0.0100. The third kappa shape index (κ3) is 19.2. The smallest absolute Gasteiger partial charge is 0.382 e. The Bertz CT molecular complexity index is 488. The molecule has 0 spiro atoms. The summed E-state index contributed by atoms with van der Waals surface area (Å²) in [7, 11) is -2.29. The first-order valence-corrected chi connectivity index (χ1v) is 15.5. The Morgan fingerprint density at radius 3 is 1.82 bits per heavy atom. The molecule has 1 fully saturated rings. The van der Waals surface area contributed by atoms with Crippen LogP contribution in [0.15, 0.2) is 0 Å². The van der Waals surface area contributed by atoms with E-state index < -0.39 is 7.82 Å². The maximum atomic E-state index is 12.2. The molecule has 0 amide bonds. The van der Waals surface area contributed by atoms with Crippen molar-refractivity contribution in [2.75, 3.05) is 53.2 Å². The van der Waals surface area contributed by atoms with E-state index in [1.165, 1.54) is 77.0 Å². The summed E-state index contributed by atoms with van der Waals surface area (Å²) in [5.74, 6) is 0. The van der Waals surface area contributed by atoms with Gasteiger partial charge in [0.15, 0.2) is 0 Å². The number of methoxy groups -OCH3 is 1. The average molecular weight is 508 g/mol. The van der Waals surface area contributed by atoms with Crippen LogP contribution in [-0.4, -0.2) is 69.1 Å². The summed E-state index contributed by atoms with van der Waals surface area (Å²) >= 11 is 0. The number of phosphoric acid groups is 1. The number of ether oxygens (including phenoxy) is 2. The van der Waals surface area contributed by atoms with Crippen molar-refractivity contribution in [2.45, 2.75) is 116 Å². The molecular formula is C26H54NO6P. The van der Waals surface area contributed by atoms with Gasteiger partial charge < -0.3 is 19.3 Å². The van der Waals surface area contributed by atoms with E-state index >= 15 is 0 Å². The molecule has 1 aliphatic heterocycles. The fourth-order valence-electron chi connectivity index (χ4n) is 4.37. The lowest BCUT2D eigenvalue weighted by Crippen LogP contribution is -2.38. The third-order valence-electron chi connectivity index (χ3n) is 6.55. The Kier molecular flexibility index (Phi) is 20.9. The molecule has 0 aromatic carbocycles. The van der Waals surface area contributed by atoms with Crippen LogP contribution in [0, 0.1) is 0 Å². The first-order valence-electron chi connectivity index (χ1n) is 14.0. The average Bonchev–Trinajstić information content (AvgIpc) is 2.82. The van der Waals surface area contributed by atoms with E-state index in [4.69, 9.17) is 18.5 Å². The molecule has 0 bridgehead atoms. The molecule has 0 saturated carbocycles. The predicted octanol–water partition coefficient (Wildman–Crippen LogP) is 6.73. The van der Waals surface area contributed by atoms with Crippen molar-refractivity contribution in [3.63, 3.8) is 0 Å². The van der Waals surface area contributed by atoms with Gasteiger partial charge in [-0.1, -0.05) is 90.4 Å². The van der Waals surface area contributed by atoms with Crippen molar-refractivity contribution >= 4 is 7.82 Å². The SMILES string of the molecule is CCCCCCCCCCCCCCCCOP(=O)(O)OC1CCN(CCOCCOC)CC1. The van der Waals surface area contributed by atoms with Crippen molar-refractivity contribution < 1.29 is 28.0 Å². The van der Waals surface area contributed by atoms with E-state index in [0.29, 0.717) is 26.4 Å². The van der Waals surface area contributed by atoms with Crippen LogP contribution in [0.3, 0.4) is 0 Å². The van der Waals surface area contributed by atoms with Gasteiger partial charge in [0.2, 0.25) is 0 Å². The molecule has 1 heterocycles. The Morgan fingerprint density at radius 2 is 1.29 bits per heavy atom. The minimum atomic E-state index is -3.96. The van der Waals surface area contributed by atoms with Gasteiger partial charge in [0, 0.05) is 26.7 Å². The monoisotopic (exact) mass is 507 g/mol. The van der Waals surface area contributed by atoms with Crippen molar-refractivity contribution in [2.24, 2.45) is 0 Å². The van der Waals surface area contributed by atoms with Gasteiger partial charge in [-0.05, 0) is 19.3 Å². The fraction of sp³-hybridized carbons (Fsp3) is 1.00. The predicted molar refractivity (Wildman–Crippen MR) is 139 cm³/mol. The second-order valence-electron chi connectivity index (χ2n) is 9.65. The number of nitrogens with zero attached hydrogens (tertiary/aromatic N) is 1. The fourth-order valence-corrected chi connectivity index (χ4v) is 5.38. The summed E-state index contributed by atoms with van der Waals surface area (Å²) in [6.07, 6.45) is 19.3. The van der Waals surface area contributed by atoms with Crippen LogP contribution in [0.2, 0.25) is 0 Å². The van der Waals surface area contributed by atoms with Gasteiger partial charge in [0.1, 0.15) is 0 Å². The number of likely N-dealkylation sites (tertiary alicyclic amines) is 1. The van der Waals surface area contributed by atoms with Gasteiger partial charge in [-0.25, -0.2) is 4.57 Å². The highest BCUT2D eigenvalue weighted by molar-refractivity contribution is 7.47. The largest absolute Gasteiger partial charge is 0.472 e. The van der Waals surface area contributed by atoms with Gasteiger partial charge in [0.25, 0.3) is 0 Å². The number of rotatable bonds is 24. The van der Waals surface area contributed by atoms with Crippen LogP contribution in [0.1, 0.15) is 110 Å². The number of hydrogen-bond acceptors (Lipinski definition) is 6. The van der Waals surface area contributed by atoms with E-state index in [-0.39, 0.29) is 6.10 Å². The summed E-state index contributed by atoms with van der Waals surface area (Å²) in [6.45, 7) is 7.01. The summed E-state index contributed by atoms with van der Waals surface area (Å²) in [6, 6.07) is 0. The molecule has 1 rings (SSSR count). The van der Waals surface area contributed by atoms with Crippen molar-refractivity contribution in [1.29, 1.82) is 0 Å². The number of piperidine rings is 1. The number of unbranched alkanes of at least 4 members (excludes halogenated alkanes) is 13. The van der Waals surface area contributed by atoms with Crippen LogP contribution in [0.25, 0.3) is 0 Å². The molecule has 0 radical (unpaired) electrons. The Morgan fingerprint density at radius 1 is 0.765 bits per heavy atom. The molecule has 1 saturated heterocycles. The topological polar surface area (TPSA) is 77.5 Å². The van der Waals surface area contributed by atoms with Crippen LogP contribution in [0.4, 0.5) is 0 Å². The summed E-state index contributed by atoms with van der Waals surface area (Å²) < 4.78 is 33.3. The van der Waals surface area contributed by atoms with Crippen molar-refractivity contribution in [1.82, 2.24) is 4.90 Å². The van der Waals surface area contributed by atoms with E-state index in [1.807, 2.05) is 0 Å². The summed E-state index contributed by atoms with van der Waals surface area (Å²) in [5.41, 5.74) is 0. The minimum absolute atomic E-state index is 0.210. The molecule has 34 heavy (non-hydrogen) atoms. The van der Waals surface area contributed by atoms with Gasteiger partial charge in [-0.2, -0.15) is 0 Å². The quantitative estimate of drug-likeness (QED) is 0.115. The van der Waals surface area contributed by atoms with E-state index in [1.54, 1.807) is 7.11 Å². The lowest BCUT2D eigenvalue weighted by molar-refractivity contribution is 0.0320. The van der Waals surface area contributed by atoms with Gasteiger partial charge in [0.05, 0.1) is 32.5 Å². The van der Waals surface area contributed by atoms with Gasteiger partial charge in [-0.15, -0.1) is 0 Å². The Labute approximate surface area is 209 Å². The van der Waals surface area contributed by atoms with Crippen molar-refractivity contribution in [3.8, 4) is 0 Å². The summed E-state index contributed by atoms with van der Waals surface area (Å²) in [5, 5.41) is 0. The lowest BCUT2D eigenvalue weighted by atomic mass is 10.0. The molecule has 7 nitrogen and oxygen atoms in total. The first-order chi connectivity index (χ1) is 16.6. The lowest BCUT2D eigenvalue weighted by Gasteiger charge is -2.32. The molecule has 204 valence electrons. The first kappa shape index (κ1) is 32.0. The highest BCUT2D eigenvalue weighted by Gasteiger charge is 2.29. The maximum Gasteiger partial charge on any atom is 0.472 e. The third-order valence-corrected chi connectivity index (χ3v) is 7.63. The van der Waals surface area contributed by atoms with Gasteiger partial charge >= 0.3 is 7.82 Å².